The Kier molecular flexibility index (Phi) is 6.18. The van der Waals surface area contributed by atoms with Crippen LogP contribution >= 0.6 is 0 Å². The molecule has 3 aromatic rings. The highest BCUT2D eigenvalue weighted by atomic mass is 19.1. The fourth-order valence-corrected chi connectivity index (χ4v) is 3.65. The van der Waals surface area contributed by atoms with Crippen molar-refractivity contribution >= 4 is 23.4 Å². The lowest BCUT2D eigenvalue weighted by Gasteiger charge is -2.27. The molecule has 0 spiro atoms. The molecule has 1 aliphatic rings. The van der Waals surface area contributed by atoms with E-state index in [9.17, 15) is 14.0 Å². The molecule has 2 aromatic carbocycles. The van der Waals surface area contributed by atoms with Crippen molar-refractivity contribution in [2.24, 2.45) is 0 Å². The van der Waals surface area contributed by atoms with Gasteiger partial charge in [-0.2, -0.15) is 5.10 Å². The lowest BCUT2D eigenvalue weighted by molar-refractivity contribution is 0.0300. The smallest absolute Gasteiger partial charge is 0.324 e. The SMILES string of the molecule is Cc1cc(C)cc(-c2cc(NC(=O)Nc3ccc(C(=O)N4CCOCC4)c(F)c3)n[nH]2)c1. The summed E-state index contributed by atoms with van der Waals surface area (Å²) < 4.78 is 19.7. The molecule has 3 N–H and O–H groups in total. The number of carbonyl (C=O) groups is 2. The van der Waals surface area contributed by atoms with Gasteiger partial charge in [0.1, 0.15) is 5.82 Å². The number of amides is 3. The third-order valence-electron chi connectivity index (χ3n) is 5.11. The number of hydrogen-bond acceptors (Lipinski definition) is 4. The van der Waals surface area contributed by atoms with Crippen LogP contribution in [0.15, 0.2) is 42.5 Å². The highest BCUT2D eigenvalue weighted by Crippen LogP contribution is 2.23. The lowest BCUT2D eigenvalue weighted by Crippen LogP contribution is -2.41. The summed E-state index contributed by atoms with van der Waals surface area (Å²) in [6, 6.07) is 11.2. The molecule has 8 nitrogen and oxygen atoms in total. The van der Waals surface area contributed by atoms with Crippen molar-refractivity contribution in [3.63, 3.8) is 0 Å². The summed E-state index contributed by atoms with van der Waals surface area (Å²) in [5.41, 5.74) is 4.17. The minimum absolute atomic E-state index is 0.0387. The molecule has 1 saturated heterocycles. The first-order valence-corrected chi connectivity index (χ1v) is 10.3. The summed E-state index contributed by atoms with van der Waals surface area (Å²) in [5, 5.41) is 12.2. The Labute approximate surface area is 184 Å². The molecule has 32 heavy (non-hydrogen) atoms. The Bertz CT molecular complexity index is 1130. The first-order chi connectivity index (χ1) is 15.4. The van der Waals surface area contributed by atoms with Gasteiger partial charge in [0.15, 0.2) is 5.82 Å². The number of ether oxygens (including phenoxy) is 1. The number of H-pyrrole nitrogens is 1. The molecular formula is C23H24FN5O3. The van der Waals surface area contributed by atoms with Gasteiger partial charge in [-0.25, -0.2) is 9.18 Å². The fourth-order valence-electron chi connectivity index (χ4n) is 3.65. The van der Waals surface area contributed by atoms with Gasteiger partial charge in [0.2, 0.25) is 0 Å². The molecule has 0 radical (unpaired) electrons. The van der Waals surface area contributed by atoms with Crippen molar-refractivity contribution < 1.29 is 18.7 Å². The molecule has 0 atom stereocenters. The number of aryl methyl sites for hydroxylation is 2. The lowest BCUT2D eigenvalue weighted by atomic mass is 10.1. The number of carbonyl (C=O) groups excluding carboxylic acids is 2. The van der Waals surface area contributed by atoms with E-state index in [1.807, 2.05) is 26.0 Å². The third-order valence-corrected chi connectivity index (χ3v) is 5.11. The number of benzene rings is 2. The maximum absolute atomic E-state index is 14.5. The van der Waals surface area contributed by atoms with E-state index in [1.54, 1.807) is 11.0 Å². The van der Waals surface area contributed by atoms with Crippen molar-refractivity contribution in [1.29, 1.82) is 0 Å². The number of nitrogens with zero attached hydrogens (tertiary/aromatic N) is 2. The zero-order chi connectivity index (χ0) is 22.7. The number of rotatable bonds is 4. The van der Waals surface area contributed by atoms with Crippen LogP contribution in [-0.2, 0) is 4.74 Å². The maximum Gasteiger partial charge on any atom is 0.324 e. The van der Waals surface area contributed by atoms with Gasteiger partial charge >= 0.3 is 6.03 Å². The second-order valence-corrected chi connectivity index (χ2v) is 7.72. The normalized spacial score (nSPS) is 13.7. The quantitative estimate of drug-likeness (QED) is 0.576. The number of nitrogens with one attached hydrogen (secondary N) is 3. The van der Waals surface area contributed by atoms with Crippen LogP contribution in [0.1, 0.15) is 21.5 Å². The molecule has 3 amide bonds. The van der Waals surface area contributed by atoms with E-state index in [4.69, 9.17) is 4.74 Å². The largest absolute Gasteiger partial charge is 0.378 e. The molecule has 0 saturated carbocycles. The van der Waals surface area contributed by atoms with Crippen molar-refractivity contribution in [2.45, 2.75) is 13.8 Å². The van der Waals surface area contributed by atoms with Crippen molar-refractivity contribution in [3.8, 4) is 11.3 Å². The molecule has 9 heteroatoms. The van der Waals surface area contributed by atoms with Crippen LogP contribution in [0.4, 0.5) is 20.7 Å². The number of morpholine rings is 1. The van der Waals surface area contributed by atoms with E-state index in [1.165, 1.54) is 12.1 Å². The predicted octanol–water partition coefficient (Wildman–Crippen LogP) is 3.95. The number of anilines is 2. The number of urea groups is 1. The van der Waals surface area contributed by atoms with Crippen molar-refractivity contribution in [1.82, 2.24) is 15.1 Å². The summed E-state index contributed by atoms with van der Waals surface area (Å²) in [5.74, 6) is -0.760. The first-order valence-electron chi connectivity index (χ1n) is 10.3. The van der Waals surface area contributed by atoms with E-state index >= 15 is 0 Å². The van der Waals surface area contributed by atoms with E-state index in [0.29, 0.717) is 32.1 Å². The standard InChI is InChI=1S/C23H24FN5O3/c1-14-9-15(2)11-16(10-14)20-13-21(28-27-20)26-23(31)25-17-3-4-18(19(24)12-17)22(30)29-5-7-32-8-6-29/h3-4,9-13H,5-8H2,1-2H3,(H3,25,26,27,28,31). The van der Waals surface area contributed by atoms with Gasteiger partial charge < -0.3 is 15.0 Å². The average Bonchev–Trinajstić information content (AvgIpc) is 3.22. The first kappa shape index (κ1) is 21.5. The van der Waals surface area contributed by atoms with Gasteiger partial charge in [-0.05, 0) is 44.2 Å². The predicted molar refractivity (Wildman–Crippen MR) is 119 cm³/mol. The monoisotopic (exact) mass is 437 g/mol. The van der Waals surface area contributed by atoms with Gasteiger partial charge in [0.05, 0.1) is 24.5 Å². The summed E-state index contributed by atoms with van der Waals surface area (Å²) >= 11 is 0. The molecular weight excluding hydrogens is 413 g/mol. The van der Waals surface area contributed by atoms with Gasteiger partial charge in [0.25, 0.3) is 5.91 Å². The van der Waals surface area contributed by atoms with Gasteiger partial charge in [0, 0.05) is 30.4 Å². The van der Waals surface area contributed by atoms with E-state index in [0.717, 1.165) is 28.5 Å². The number of aromatic amines is 1. The number of aromatic nitrogens is 2. The minimum Gasteiger partial charge on any atom is -0.378 e. The van der Waals surface area contributed by atoms with Crippen LogP contribution in [0.2, 0.25) is 0 Å². The Hall–Kier alpha value is -3.72. The van der Waals surface area contributed by atoms with Gasteiger partial charge in [-0.15, -0.1) is 0 Å². The molecule has 2 heterocycles. The molecule has 166 valence electrons. The number of hydrogen-bond donors (Lipinski definition) is 3. The molecule has 0 unspecified atom stereocenters. The Balaban J connectivity index is 1.39. The highest BCUT2D eigenvalue weighted by molar-refractivity contribution is 6.00. The van der Waals surface area contributed by atoms with E-state index in [2.05, 4.69) is 26.9 Å². The van der Waals surface area contributed by atoms with E-state index in [-0.39, 0.29) is 11.3 Å². The summed E-state index contributed by atoms with van der Waals surface area (Å²) in [6.45, 7) is 5.75. The minimum atomic E-state index is -0.698. The van der Waals surface area contributed by atoms with Crippen LogP contribution in [0.25, 0.3) is 11.3 Å². The van der Waals surface area contributed by atoms with E-state index < -0.39 is 17.8 Å². The van der Waals surface area contributed by atoms with Gasteiger partial charge in [-0.3, -0.25) is 15.2 Å². The van der Waals surface area contributed by atoms with Crippen LogP contribution in [-0.4, -0.2) is 53.3 Å². The Morgan fingerprint density at radius 2 is 1.75 bits per heavy atom. The topological polar surface area (TPSA) is 99.3 Å². The fraction of sp³-hybridized carbons (Fsp3) is 0.261. The zero-order valence-corrected chi connectivity index (χ0v) is 17.9. The van der Waals surface area contributed by atoms with Gasteiger partial charge in [-0.1, -0.05) is 17.2 Å². The van der Waals surface area contributed by atoms with Crippen molar-refractivity contribution in [3.05, 3.63) is 65.0 Å². The molecule has 4 rings (SSSR count). The molecule has 1 aromatic heterocycles. The van der Waals surface area contributed by atoms with Crippen molar-refractivity contribution in [2.75, 3.05) is 36.9 Å². The van der Waals surface area contributed by atoms with Crippen LogP contribution < -0.4 is 10.6 Å². The Morgan fingerprint density at radius 1 is 1.03 bits per heavy atom. The summed E-state index contributed by atoms with van der Waals surface area (Å²) in [4.78, 5) is 26.3. The van der Waals surface area contributed by atoms with Crippen LogP contribution in [0, 0.1) is 19.7 Å². The average molecular weight is 437 g/mol. The molecule has 1 aliphatic heterocycles. The summed E-state index contributed by atoms with van der Waals surface area (Å²) in [7, 11) is 0. The Morgan fingerprint density at radius 3 is 2.44 bits per heavy atom. The second-order valence-electron chi connectivity index (χ2n) is 7.72. The van der Waals surface area contributed by atoms with Crippen LogP contribution in [0.3, 0.4) is 0 Å². The molecule has 0 aliphatic carbocycles. The highest BCUT2D eigenvalue weighted by Gasteiger charge is 2.21. The molecule has 0 bridgehead atoms. The second kappa shape index (κ2) is 9.19. The molecule has 1 fully saturated rings. The number of halogens is 1. The van der Waals surface area contributed by atoms with Crippen LogP contribution in [0.5, 0.6) is 0 Å². The third kappa shape index (κ3) is 4.94. The zero-order valence-electron chi connectivity index (χ0n) is 17.9. The maximum atomic E-state index is 14.5. The summed E-state index contributed by atoms with van der Waals surface area (Å²) in [6.07, 6.45) is 0.